The SMILES string of the molecule is CCc1cc(=O)[nH]c(N/N=C\c2cccnc2)n1. The summed E-state index contributed by atoms with van der Waals surface area (Å²) in [5.74, 6) is 0.333. The quantitative estimate of drug-likeness (QED) is 0.623. The smallest absolute Gasteiger partial charge is 0.252 e. The van der Waals surface area contributed by atoms with Crippen LogP contribution in [0.15, 0.2) is 40.5 Å². The molecule has 0 spiro atoms. The Morgan fingerprint density at radius 2 is 2.44 bits per heavy atom. The van der Waals surface area contributed by atoms with E-state index in [4.69, 9.17) is 0 Å². The molecule has 0 aliphatic rings. The van der Waals surface area contributed by atoms with Crippen molar-refractivity contribution in [3.8, 4) is 0 Å². The van der Waals surface area contributed by atoms with Gasteiger partial charge in [0.2, 0.25) is 5.95 Å². The van der Waals surface area contributed by atoms with Gasteiger partial charge < -0.3 is 0 Å². The largest absolute Gasteiger partial charge is 0.291 e. The van der Waals surface area contributed by atoms with Crippen molar-refractivity contribution in [2.75, 3.05) is 5.43 Å². The van der Waals surface area contributed by atoms with Crippen LogP contribution < -0.4 is 11.0 Å². The molecule has 0 bridgehead atoms. The first-order valence-corrected chi connectivity index (χ1v) is 5.57. The van der Waals surface area contributed by atoms with Gasteiger partial charge in [0.1, 0.15) is 0 Å². The van der Waals surface area contributed by atoms with Crippen LogP contribution in [0.4, 0.5) is 5.95 Å². The highest BCUT2D eigenvalue weighted by atomic mass is 16.1. The first-order valence-electron chi connectivity index (χ1n) is 5.57. The molecule has 0 atom stereocenters. The lowest BCUT2D eigenvalue weighted by atomic mass is 10.3. The van der Waals surface area contributed by atoms with Crippen molar-refractivity contribution in [1.82, 2.24) is 15.0 Å². The number of rotatable bonds is 4. The van der Waals surface area contributed by atoms with Crippen molar-refractivity contribution in [3.63, 3.8) is 0 Å². The van der Waals surface area contributed by atoms with Gasteiger partial charge in [-0.3, -0.25) is 14.8 Å². The third kappa shape index (κ3) is 3.24. The highest BCUT2D eigenvalue weighted by Crippen LogP contribution is 1.98. The summed E-state index contributed by atoms with van der Waals surface area (Å²) < 4.78 is 0. The predicted octanol–water partition coefficient (Wildman–Crippen LogP) is 1.17. The number of hydrogen-bond acceptors (Lipinski definition) is 5. The number of hydrazone groups is 1. The Bertz CT molecular complexity index is 591. The molecule has 0 amide bonds. The zero-order chi connectivity index (χ0) is 12.8. The molecule has 0 saturated heterocycles. The summed E-state index contributed by atoms with van der Waals surface area (Å²) >= 11 is 0. The summed E-state index contributed by atoms with van der Waals surface area (Å²) in [5.41, 5.74) is 4.07. The van der Waals surface area contributed by atoms with Crippen molar-refractivity contribution in [2.24, 2.45) is 5.10 Å². The number of aryl methyl sites for hydroxylation is 1. The van der Waals surface area contributed by atoms with E-state index in [-0.39, 0.29) is 5.56 Å². The standard InChI is InChI=1S/C12H13N5O/c1-2-10-6-11(18)16-12(15-10)17-14-8-9-4-3-5-13-7-9/h3-8H,2H2,1H3,(H2,15,16,17,18)/b14-8-. The first kappa shape index (κ1) is 12.0. The molecule has 2 aromatic heterocycles. The van der Waals surface area contributed by atoms with E-state index in [9.17, 15) is 4.79 Å². The van der Waals surface area contributed by atoms with Crippen LogP contribution >= 0.6 is 0 Å². The number of pyridine rings is 1. The monoisotopic (exact) mass is 243 g/mol. The second-order valence-corrected chi connectivity index (χ2v) is 3.60. The number of anilines is 1. The van der Waals surface area contributed by atoms with Crippen LogP contribution in [0.3, 0.4) is 0 Å². The van der Waals surface area contributed by atoms with E-state index in [1.165, 1.54) is 6.07 Å². The average Bonchev–Trinajstić information content (AvgIpc) is 2.39. The van der Waals surface area contributed by atoms with E-state index >= 15 is 0 Å². The normalized spacial score (nSPS) is 10.7. The molecular weight excluding hydrogens is 230 g/mol. The second-order valence-electron chi connectivity index (χ2n) is 3.60. The van der Waals surface area contributed by atoms with Crippen molar-refractivity contribution < 1.29 is 0 Å². The molecule has 18 heavy (non-hydrogen) atoms. The van der Waals surface area contributed by atoms with Gasteiger partial charge in [0.05, 0.1) is 6.21 Å². The fraction of sp³-hybridized carbons (Fsp3) is 0.167. The molecule has 0 aliphatic heterocycles. The Hall–Kier alpha value is -2.50. The van der Waals surface area contributed by atoms with E-state index in [0.717, 1.165) is 11.3 Å². The van der Waals surface area contributed by atoms with E-state index in [0.29, 0.717) is 12.4 Å². The summed E-state index contributed by atoms with van der Waals surface area (Å²) in [7, 11) is 0. The molecule has 2 heterocycles. The molecule has 2 rings (SSSR count). The van der Waals surface area contributed by atoms with E-state index in [1.54, 1.807) is 18.6 Å². The van der Waals surface area contributed by atoms with Crippen LogP contribution in [0.1, 0.15) is 18.2 Å². The third-order valence-electron chi connectivity index (χ3n) is 2.23. The number of nitrogens with one attached hydrogen (secondary N) is 2. The maximum absolute atomic E-state index is 11.3. The van der Waals surface area contributed by atoms with Gasteiger partial charge >= 0.3 is 0 Å². The van der Waals surface area contributed by atoms with Crippen molar-refractivity contribution in [1.29, 1.82) is 0 Å². The van der Waals surface area contributed by atoms with Gasteiger partial charge in [-0.25, -0.2) is 10.4 Å². The van der Waals surface area contributed by atoms with Crippen LogP contribution in [0, 0.1) is 0 Å². The van der Waals surface area contributed by atoms with Crippen LogP contribution in [-0.4, -0.2) is 21.2 Å². The second kappa shape index (κ2) is 5.72. The Morgan fingerprint density at radius 1 is 1.56 bits per heavy atom. The van der Waals surface area contributed by atoms with Gasteiger partial charge in [0.25, 0.3) is 5.56 Å². The van der Waals surface area contributed by atoms with E-state index in [2.05, 4.69) is 25.5 Å². The van der Waals surface area contributed by atoms with Gasteiger partial charge in [-0.15, -0.1) is 0 Å². The maximum atomic E-state index is 11.3. The summed E-state index contributed by atoms with van der Waals surface area (Å²) in [5, 5.41) is 3.98. The first-order chi connectivity index (χ1) is 8.78. The molecule has 6 nitrogen and oxygen atoms in total. The van der Waals surface area contributed by atoms with E-state index < -0.39 is 0 Å². The van der Waals surface area contributed by atoms with Crippen molar-refractivity contribution >= 4 is 12.2 Å². The molecule has 0 aromatic carbocycles. The lowest BCUT2D eigenvalue weighted by molar-refractivity contribution is 0.974. The number of nitrogens with zero attached hydrogens (tertiary/aromatic N) is 3. The predicted molar refractivity (Wildman–Crippen MR) is 69.7 cm³/mol. The number of H-pyrrole nitrogens is 1. The van der Waals surface area contributed by atoms with Crippen LogP contribution in [-0.2, 0) is 6.42 Å². The van der Waals surface area contributed by atoms with Crippen molar-refractivity contribution in [3.05, 3.63) is 52.2 Å². The molecule has 0 saturated carbocycles. The van der Waals surface area contributed by atoms with Crippen LogP contribution in [0.5, 0.6) is 0 Å². The fourth-order valence-corrected chi connectivity index (χ4v) is 1.36. The molecule has 0 unspecified atom stereocenters. The summed E-state index contributed by atoms with van der Waals surface area (Å²) in [6.45, 7) is 1.93. The van der Waals surface area contributed by atoms with Crippen molar-refractivity contribution in [2.45, 2.75) is 13.3 Å². The Morgan fingerprint density at radius 3 is 3.17 bits per heavy atom. The summed E-state index contributed by atoms with van der Waals surface area (Å²) in [6, 6.07) is 5.16. The van der Waals surface area contributed by atoms with Gasteiger partial charge in [0, 0.05) is 29.7 Å². The zero-order valence-electron chi connectivity index (χ0n) is 9.92. The maximum Gasteiger partial charge on any atom is 0.252 e. The number of aromatic amines is 1. The molecule has 2 N–H and O–H groups in total. The zero-order valence-corrected chi connectivity index (χ0v) is 9.92. The molecule has 0 aliphatic carbocycles. The van der Waals surface area contributed by atoms with E-state index in [1.807, 2.05) is 19.1 Å². The lowest BCUT2D eigenvalue weighted by Crippen LogP contribution is -2.11. The lowest BCUT2D eigenvalue weighted by Gasteiger charge is -2.00. The summed E-state index contributed by atoms with van der Waals surface area (Å²) in [4.78, 5) is 22.0. The minimum absolute atomic E-state index is 0.194. The molecule has 0 fully saturated rings. The van der Waals surface area contributed by atoms with Crippen LogP contribution in [0.2, 0.25) is 0 Å². The molecule has 6 heteroatoms. The molecule has 92 valence electrons. The third-order valence-corrected chi connectivity index (χ3v) is 2.23. The Kier molecular flexibility index (Phi) is 3.80. The van der Waals surface area contributed by atoms with Gasteiger partial charge in [-0.2, -0.15) is 5.10 Å². The summed E-state index contributed by atoms with van der Waals surface area (Å²) in [6.07, 6.45) is 5.68. The minimum atomic E-state index is -0.194. The van der Waals surface area contributed by atoms with Gasteiger partial charge in [0.15, 0.2) is 0 Å². The topological polar surface area (TPSA) is 83.0 Å². The Labute approximate surface area is 104 Å². The average molecular weight is 243 g/mol. The minimum Gasteiger partial charge on any atom is -0.291 e. The molecule has 2 aromatic rings. The molecule has 0 radical (unpaired) electrons. The van der Waals surface area contributed by atoms with Gasteiger partial charge in [-0.05, 0) is 12.5 Å². The number of hydrogen-bond donors (Lipinski definition) is 2. The fourth-order valence-electron chi connectivity index (χ4n) is 1.36. The number of aromatic nitrogens is 3. The van der Waals surface area contributed by atoms with Crippen LogP contribution in [0.25, 0.3) is 0 Å². The molecular formula is C12H13N5O. The van der Waals surface area contributed by atoms with Gasteiger partial charge in [-0.1, -0.05) is 13.0 Å². The Balaban J connectivity index is 2.08. The highest BCUT2D eigenvalue weighted by molar-refractivity contribution is 5.79. The highest BCUT2D eigenvalue weighted by Gasteiger charge is 1.97.